The van der Waals surface area contributed by atoms with Crippen molar-refractivity contribution in [3.05, 3.63) is 34.9 Å². The average molecular weight is 415 g/mol. The van der Waals surface area contributed by atoms with Gasteiger partial charge in [-0.15, -0.1) is 0 Å². The van der Waals surface area contributed by atoms with E-state index < -0.39 is 0 Å². The Labute approximate surface area is 179 Å². The van der Waals surface area contributed by atoms with Gasteiger partial charge in [-0.25, -0.2) is 0 Å². The molecule has 3 fully saturated rings. The third kappa shape index (κ3) is 4.38. The molecule has 0 aliphatic carbocycles. The number of primary amides is 1. The second-order valence-electron chi connectivity index (χ2n) is 9.03. The lowest BCUT2D eigenvalue weighted by Gasteiger charge is -2.54. The summed E-state index contributed by atoms with van der Waals surface area (Å²) in [6.07, 6.45) is 2.79. The number of aryl methyl sites for hydroxylation is 2. The van der Waals surface area contributed by atoms with Crippen LogP contribution < -0.4 is 5.73 Å². The predicted molar refractivity (Wildman–Crippen MR) is 115 cm³/mol. The molecule has 7 heteroatoms. The highest BCUT2D eigenvalue weighted by atomic mass is 16.5. The van der Waals surface area contributed by atoms with Crippen molar-refractivity contribution in [3.8, 4) is 0 Å². The number of carbonyl (C=O) groups excluding carboxylic acids is 2. The summed E-state index contributed by atoms with van der Waals surface area (Å²) in [6.45, 7) is 8.95. The molecular weight excluding hydrogens is 380 g/mol. The zero-order valence-electron chi connectivity index (χ0n) is 18.2. The number of fused-ring (bicyclic) bond motifs is 1. The molecule has 0 bridgehead atoms. The first-order chi connectivity index (χ1) is 14.4. The molecule has 0 aromatic heterocycles. The highest BCUT2D eigenvalue weighted by molar-refractivity contribution is 5.80. The molecule has 0 radical (unpaired) electrons. The van der Waals surface area contributed by atoms with Crippen LogP contribution in [-0.2, 0) is 20.7 Å². The van der Waals surface area contributed by atoms with E-state index in [2.05, 4.69) is 46.7 Å². The molecule has 1 unspecified atom stereocenters. The summed E-state index contributed by atoms with van der Waals surface area (Å²) < 4.78 is 5.98. The van der Waals surface area contributed by atoms with E-state index in [0.717, 1.165) is 18.7 Å². The Balaban J connectivity index is 1.57. The molecular formula is C23H34N4O3. The molecule has 7 nitrogen and oxygen atoms in total. The van der Waals surface area contributed by atoms with Crippen LogP contribution in [0.4, 0.5) is 0 Å². The lowest BCUT2D eigenvalue weighted by Crippen LogP contribution is -2.72. The number of ether oxygens (including phenoxy) is 1. The van der Waals surface area contributed by atoms with Gasteiger partial charge in [0, 0.05) is 13.1 Å². The normalized spacial score (nSPS) is 27.8. The van der Waals surface area contributed by atoms with Gasteiger partial charge in [-0.2, -0.15) is 0 Å². The molecule has 4 rings (SSSR count). The van der Waals surface area contributed by atoms with Gasteiger partial charge in [-0.05, 0) is 56.5 Å². The van der Waals surface area contributed by atoms with Gasteiger partial charge < -0.3 is 15.4 Å². The number of hydrogen-bond acceptors (Lipinski definition) is 5. The van der Waals surface area contributed by atoms with Crippen molar-refractivity contribution in [2.24, 2.45) is 5.73 Å². The number of carbonyl (C=O) groups is 2. The largest absolute Gasteiger partial charge is 0.378 e. The monoisotopic (exact) mass is 414 g/mol. The highest BCUT2D eigenvalue weighted by Crippen LogP contribution is 2.30. The Morgan fingerprint density at radius 1 is 1.03 bits per heavy atom. The lowest BCUT2D eigenvalue weighted by molar-refractivity contribution is -0.153. The third-order valence-electron chi connectivity index (χ3n) is 7.04. The first kappa shape index (κ1) is 21.3. The first-order valence-electron chi connectivity index (χ1n) is 11.1. The Morgan fingerprint density at radius 3 is 2.47 bits per heavy atom. The maximum atomic E-state index is 13.5. The number of benzene rings is 1. The van der Waals surface area contributed by atoms with Gasteiger partial charge in [0.2, 0.25) is 11.8 Å². The fourth-order valence-electron chi connectivity index (χ4n) is 5.32. The molecule has 2 amide bonds. The second-order valence-corrected chi connectivity index (χ2v) is 9.03. The van der Waals surface area contributed by atoms with E-state index in [9.17, 15) is 9.59 Å². The van der Waals surface area contributed by atoms with E-state index in [1.165, 1.54) is 24.0 Å². The van der Waals surface area contributed by atoms with E-state index in [1.807, 2.05) is 0 Å². The zero-order chi connectivity index (χ0) is 21.3. The second kappa shape index (κ2) is 9.04. The van der Waals surface area contributed by atoms with Crippen molar-refractivity contribution in [2.45, 2.75) is 51.2 Å². The minimum atomic E-state index is -0.327. The third-order valence-corrected chi connectivity index (χ3v) is 7.04. The zero-order valence-corrected chi connectivity index (χ0v) is 18.2. The van der Waals surface area contributed by atoms with Crippen molar-refractivity contribution < 1.29 is 14.3 Å². The van der Waals surface area contributed by atoms with Crippen molar-refractivity contribution in [1.29, 1.82) is 0 Å². The number of likely N-dealkylation sites (tertiary alicyclic amines) is 1. The van der Waals surface area contributed by atoms with Crippen LogP contribution in [-0.4, -0.2) is 90.6 Å². The van der Waals surface area contributed by atoms with Gasteiger partial charge in [-0.1, -0.05) is 18.2 Å². The molecule has 3 atom stereocenters. The summed E-state index contributed by atoms with van der Waals surface area (Å²) in [5.74, 6) is -0.162. The molecule has 164 valence electrons. The summed E-state index contributed by atoms with van der Waals surface area (Å²) in [6, 6.07) is 6.48. The molecule has 3 aliphatic rings. The maximum absolute atomic E-state index is 13.5. The van der Waals surface area contributed by atoms with Gasteiger partial charge >= 0.3 is 0 Å². The molecule has 3 saturated heterocycles. The standard InChI is InChI=1S/C23H34N4O3/c1-16-5-6-18(11-17(16)2)12-22(29)27-10-9-26(13-21(24)28)20-15-30-14-19(23(20)27)25-7-3-4-8-25/h5-6,11,19-20,23H,3-4,7-10,12-15H2,1-2H3,(H2,24,28)/t19-,20?,23+/m0/s1. The Morgan fingerprint density at radius 2 is 1.77 bits per heavy atom. The summed E-state index contributed by atoms with van der Waals surface area (Å²) in [7, 11) is 0. The minimum Gasteiger partial charge on any atom is -0.378 e. The van der Waals surface area contributed by atoms with E-state index >= 15 is 0 Å². The Bertz CT molecular complexity index is 793. The number of amides is 2. The lowest BCUT2D eigenvalue weighted by atomic mass is 9.90. The quantitative estimate of drug-likeness (QED) is 0.768. The number of nitrogens with zero attached hydrogens (tertiary/aromatic N) is 3. The summed E-state index contributed by atoms with van der Waals surface area (Å²) >= 11 is 0. The van der Waals surface area contributed by atoms with Crippen LogP contribution in [0.15, 0.2) is 18.2 Å². The predicted octanol–water partition coefficient (Wildman–Crippen LogP) is 0.707. The summed E-state index contributed by atoms with van der Waals surface area (Å²) in [5.41, 5.74) is 9.03. The average Bonchev–Trinajstić information content (AvgIpc) is 3.25. The molecule has 3 aliphatic heterocycles. The molecule has 30 heavy (non-hydrogen) atoms. The van der Waals surface area contributed by atoms with Crippen LogP contribution in [0.1, 0.15) is 29.5 Å². The Kier molecular flexibility index (Phi) is 6.41. The van der Waals surface area contributed by atoms with Crippen LogP contribution in [0.3, 0.4) is 0 Å². The summed E-state index contributed by atoms with van der Waals surface area (Å²) in [4.78, 5) is 31.8. The fourth-order valence-corrected chi connectivity index (χ4v) is 5.32. The van der Waals surface area contributed by atoms with E-state index in [4.69, 9.17) is 10.5 Å². The number of nitrogens with two attached hydrogens (primary N) is 1. The van der Waals surface area contributed by atoms with Gasteiger partial charge in [0.1, 0.15) is 0 Å². The molecule has 0 spiro atoms. The maximum Gasteiger partial charge on any atom is 0.231 e. The first-order valence-corrected chi connectivity index (χ1v) is 11.1. The SMILES string of the molecule is Cc1ccc(CC(=O)N2CCN(CC(N)=O)C3COC[C@H](N4CCCC4)[C@H]32)cc1C. The van der Waals surface area contributed by atoms with Gasteiger partial charge in [-0.3, -0.25) is 19.4 Å². The van der Waals surface area contributed by atoms with Crippen molar-refractivity contribution >= 4 is 11.8 Å². The highest BCUT2D eigenvalue weighted by Gasteiger charge is 2.48. The number of piperazine rings is 1. The van der Waals surface area contributed by atoms with Crippen molar-refractivity contribution in [3.63, 3.8) is 0 Å². The van der Waals surface area contributed by atoms with Crippen LogP contribution in [0.5, 0.6) is 0 Å². The molecule has 1 aromatic rings. The van der Waals surface area contributed by atoms with Crippen LogP contribution >= 0.6 is 0 Å². The van der Waals surface area contributed by atoms with E-state index in [0.29, 0.717) is 32.7 Å². The minimum absolute atomic E-state index is 0.00861. The Hall–Kier alpha value is -1.96. The van der Waals surface area contributed by atoms with Gasteiger partial charge in [0.25, 0.3) is 0 Å². The van der Waals surface area contributed by atoms with Crippen LogP contribution in [0, 0.1) is 13.8 Å². The molecule has 2 N–H and O–H groups in total. The van der Waals surface area contributed by atoms with Gasteiger partial charge in [0.05, 0.1) is 44.3 Å². The number of rotatable bonds is 5. The summed E-state index contributed by atoms with van der Waals surface area (Å²) in [5, 5.41) is 0. The van der Waals surface area contributed by atoms with Crippen molar-refractivity contribution in [2.75, 3.05) is 45.9 Å². The van der Waals surface area contributed by atoms with E-state index in [1.54, 1.807) is 0 Å². The van der Waals surface area contributed by atoms with Crippen LogP contribution in [0.25, 0.3) is 0 Å². The smallest absolute Gasteiger partial charge is 0.231 e. The van der Waals surface area contributed by atoms with Crippen LogP contribution in [0.2, 0.25) is 0 Å². The van der Waals surface area contributed by atoms with Gasteiger partial charge in [0.15, 0.2) is 0 Å². The van der Waals surface area contributed by atoms with E-state index in [-0.39, 0.29) is 36.5 Å². The topological polar surface area (TPSA) is 79.1 Å². The van der Waals surface area contributed by atoms with Crippen molar-refractivity contribution in [1.82, 2.24) is 14.7 Å². The fraction of sp³-hybridized carbons (Fsp3) is 0.652. The molecule has 0 saturated carbocycles. The molecule has 3 heterocycles. The number of hydrogen-bond donors (Lipinski definition) is 1. The molecule has 1 aromatic carbocycles.